The van der Waals surface area contributed by atoms with Gasteiger partial charge in [0.15, 0.2) is 0 Å². The van der Waals surface area contributed by atoms with Crippen molar-refractivity contribution in [3.8, 4) is 6.07 Å². The van der Waals surface area contributed by atoms with E-state index in [4.69, 9.17) is 16.9 Å². The smallest absolute Gasteiger partial charge is 0.252 e. The summed E-state index contributed by atoms with van der Waals surface area (Å²) in [5, 5.41) is 8.13. The van der Waals surface area contributed by atoms with Gasteiger partial charge in [0.2, 0.25) is 0 Å². The number of rotatable bonds is 1. The maximum absolute atomic E-state index is 10.9. The van der Waals surface area contributed by atoms with Gasteiger partial charge in [0, 0.05) is 9.13 Å². The highest BCUT2D eigenvalue weighted by atomic mass is 127. The molecule has 0 aliphatic rings. The van der Waals surface area contributed by atoms with Gasteiger partial charge in [-0.05, 0) is 58.8 Å². The molecule has 0 bridgehead atoms. The SMILES string of the molecule is Cc1c(I)cc(C#N)cc1C(=O)Cl. The molecule has 0 aliphatic carbocycles. The Labute approximate surface area is 94.6 Å². The molecule has 0 spiro atoms. The average Bonchev–Trinajstić information content (AvgIpc) is 2.09. The van der Waals surface area contributed by atoms with E-state index in [1.807, 2.05) is 6.07 Å². The first-order chi connectivity index (χ1) is 6.06. The zero-order valence-corrected chi connectivity index (χ0v) is 9.68. The Morgan fingerprint density at radius 1 is 1.62 bits per heavy atom. The van der Waals surface area contributed by atoms with E-state index < -0.39 is 5.24 Å². The van der Waals surface area contributed by atoms with Crippen LogP contribution in [0.5, 0.6) is 0 Å². The molecule has 13 heavy (non-hydrogen) atoms. The second-order valence-electron chi connectivity index (χ2n) is 2.52. The Morgan fingerprint density at radius 3 is 2.69 bits per heavy atom. The lowest BCUT2D eigenvalue weighted by Gasteiger charge is -2.03. The number of benzene rings is 1. The third-order valence-electron chi connectivity index (χ3n) is 1.69. The number of halogens is 2. The second-order valence-corrected chi connectivity index (χ2v) is 4.02. The molecular formula is C9H5ClINO. The fourth-order valence-corrected chi connectivity index (χ4v) is 1.77. The van der Waals surface area contributed by atoms with Crippen molar-refractivity contribution in [1.82, 2.24) is 0 Å². The zero-order valence-electron chi connectivity index (χ0n) is 6.77. The van der Waals surface area contributed by atoms with Crippen molar-refractivity contribution in [2.45, 2.75) is 6.92 Å². The molecule has 4 heteroatoms. The fourth-order valence-electron chi connectivity index (χ4n) is 0.948. The van der Waals surface area contributed by atoms with Gasteiger partial charge in [-0.15, -0.1) is 0 Å². The van der Waals surface area contributed by atoms with Crippen LogP contribution >= 0.6 is 34.2 Å². The van der Waals surface area contributed by atoms with E-state index in [2.05, 4.69) is 22.6 Å². The molecule has 1 aromatic rings. The molecule has 0 atom stereocenters. The molecule has 0 saturated carbocycles. The molecule has 0 N–H and O–H groups in total. The Balaban J connectivity index is 3.44. The van der Waals surface area contributed by atoms with Gasteiger partial charge in [0.25, 0.3) is 5.24 Å². The maximum atomic E-state index is 10.9. The summed E-state index contributed by atoms with van der Waals surface area (Å²) in [4.78, 5) is 10.9. The third-order valence-corrected chi connectivity index (χ3v) is 3.01. The van der Waals surface area contributed by atoms with E-state index in [0.29, 0.717) is 11.1 Å². The lowest BCUT2D eigenvalue weighted by atomic mass is 10.1. The highest BCUT2D eigenvalue weighted by Gasteiger charge is 2.10. The minimum atomic E-state index is -0.521. The van der Waals surface area contributed by atoms with E-state index in [9.17, 15) is 4.79 Å². The summed E-state index contributed by atoms with van der Waals surface area (Å²) >= 11 is 7.43. The largest absolute Gasteiger partial charge is 0.276 e. The molecule has 0 fully saturated rings. The molecule has 0 amide bonds. The number of nitriles is 1. The molecule has 0 aromatic heterocycles. The van der Waals surface area contributed by atoms with Crippen LogP contribution < -0.4 is 0 Å². The summed E-state index contributed by atoms with van der Waals surface area (Å²) in [6.07, 6.45) is 0. The van der Waals surface area contributed by atoms with Gasteiger partial charge in [-0.2, -0.15) is 5.26 Å². The summed E-state index contributed by atoms with van der Waals surface area (Å²) in [5.41, 5.74) is 1.68. The molecular weight excluding hydrogens is 300 g/mol. The standard InChI is InChI=1S/C9H5ClINO/c1-5-7(9(10)13)2-6(4-12)3-8(5)11/h2-3H,1H3. The molecule has 0 heterocycles. The highest BCUT2D eigenvalue weighted by Crippen LogP contribution is 2.19. The van der Waals surface area contributed by atoms with Crippen LogP contribution in [0.1, 0.15) is 21.5 Å². The molecule has 0 aliphatic heterocycles. The van der Waals surface area contributed by atoms with Crippen molar-refractivity contribution < 1.29 is 4.79 Å². The Kier molecular flexibility index (Phi) is 3.28. The first kappa shape index (κ1) is 10.5. The minimum absolute atomic E-state index is 0.408. The summed E-state index contributed by atoms with van der Waals surface area (Å²) in [6.45, 7) is 1.80. The van der Waals surface area contributed by atoms with Gasteiger partial charge < -0.3 is 0 Å². The van der Waals surface area contributed by atoms with Crippen LogP contribution in [0.15, 0.2) is 12.1 Å². The van der Waals surface area contributed by atoms with Crippen molar-refractivity contribution in [3.05, 3.63) is 32.4 Å². The first-order valence-corrected chi connectivity index (χ1v) is 4.92. The van der Waals surface area contributed by atoms with Crippen LogP contribution in [0.2, 0.25) is 0 Å². The quantitative estimate of drug-likeness (QED) is 0.591. The zero-order chi connectivity index (χ0) is 10.0. The molecule has 0 unspecified atom stereocenters. The molecule has 0 saturated heterocycles. The average molecular weight is 306 g/mol. The van der Waals surface area contributed by atoms with Gasteiger partial charge in [0.05, 0.1) is 11.6 Å². The molecule has 2 nitrogen and oxygen atoms in total. The third kappa shape index (κ3) is 2.20. The Hall–Kier alpha value is -0.600. The number of carbonyl (C=O) groups excluding carboxylic acids is 1. The van der Waals surface area contributed by atoms with Crippen LogP contribution in [0.3, 0.4) is 0 Å². The van der Waals surface area contributed by atoms with E-state index in [1.165, 1.54) is 6.07 Å². The van der Waals surface area contributed by atoms with Crippen LogP contribution in [0.25, 0.3) is 0 Å². The normalized spacial score (nSPS) is 9.38. The van der Waals surface area contributed by atoms with Crippen LogP contribution in [0, 0.1) is 21.8 Å². The minimum Gasteiger partial charge on any atom is -0.276 e. The second kappa shape index (κ2) is 4.07. The van der Waals surface area contributed by atoms with Crippen molar-refractivity contribution in [3.63, 3.8) is 0 Å². The van der Waals surface area contributed by atoms with Gasteiger partial charge in [-0.25, -0.2) is 0 Å². The van der Waals surface area contributed by atoms with Crippen molar-refractivity contribution >= 4 is 39.4 Å². The molecule has 1 rings (SSSR count). The number of carbonyl (C=O) groups is 1. The Bertz CT molecular complexity index is 409. The van der Waals surface area contributed by atoms with Crippen molar-refractivity contribution in [2.24, 2.45) is 0 Å². The number of hydrogen-bond donors (Lipinski definition) is 0. The highest BCUT2D eigenvalue weighted by molar-refractivity contribution is 14.1. The topological polar surface area (TPSA) is 40.9 Å². The van der Waals surface area contributed by atoms with Gasteiger partial charge >= 0.3 is 0 Å². The van der Waals surface area contributed by atoms with Gasteiger partial charge in [-0.1, -0.05) is 0 Å². The summed E-state index contributed by atoms with van der Waals surface area (Å²) in [5.74, 6) is 0. The van der Waals surface area contributed by atoms with E-state index in [-0.39, 0.29) is 0 Å². The van der Waals surface area contributed by atoms with Crippen molar-refractivity contribution in [1.29, 1.82) is 5.26 Å². The first-order valence-electron chi connectivity index (χ1n) is 3.46. The summed E-state index contributed by atoms with van der Waals surface area (Å²) in [7, 11) is 0. The number of hydrogen-bond acceptors (Lipinski definition) is 2. The van der Waals surface area contributed by atoms with E-state index >= 15 is 0 Å². The van der Waals surface area contributed by atoms with Crippen LogP contribution in [0.4, 0.5) is 0 Å². The predicted molar refractivity (Wildman–Crippen MR) is 58.8 cm³/mol. The molecule has 1 aromatic carbocycles. The van der Waals surface area contributed by atoms with E-state index in [1.54, 1.807) is 13.0 Å². The molecule has 0 radical (unpaired) electrons. The summed E-state index contributed by atoms with van der Waals surface area (Å²) < 4.78 is 0.876. The van der Waals surface area contributed by atoms with Crippen LogP contribution in [-0.4, -0.2) is 5.24 Å². The van der Waals surface area contributed by atoms with Crippen molar-refractivity contribution in [2.75, 3.05) is 0 Å². The lowest BCUT2D eigenvalue weighted by Crippen LogP contribution is -1.97. The summed E-state index contributed by atoms with van der Waals surface area (Å²) in [6, 6.07) is 5.20. The predicted octanol–water partition coefficient (Wildman–Crippen LogP) is 2.85. The van der Waals surface area contributed by atoms with Crippen LogP contribution in [-0.2, 0) is 0 Å². The fraction of sp³-hybridized carbons (Fsp3) is 0.111. The maximum Gasteiger partial charge on any atom is 0.252 e. The van der Waals surface area contributed by atoms with Gasteiger partial charge in [0.1, 0.15) is 0 Å². The number of nitrogens with zero attached hydrogens (tertiary/aromatic N) is 1. The lowest BCUT2D eigenvalue weighted by molar-refractivity contribution is 0.108. The Morgan fingerprint density at radius 2 is 2.23 bits per heavy atom. The molecule has 66 valence electrons. The van der Waals surface area contributed by atoms with Gasteiger partial charge in [-0.3, -0.25) is 4.79 Å². The monoisotopic (exact) mass is 305 g/mol. The van der Waals surface area contributed by atoms with E-state index in [0.717, 1.165) is 9.13 Å².